The number of halogens is 1. The Hall–Kier alpha value is -1.51. The fourth-order valence-electron chi connectivity index (χ4n) is 2.01. The topological polar surface area (TPSA) is 81.9 Å². The molecule has 0 radical (unpaired) electrons. The second-order valence-electron chi connectivity index (χ2n) is 4.40. The van der Waals surface area contributed by atoms with Crippen molar-refractivity contribution in [3.8, 4) is 0 Å². The molecule has 1 atom stereocenters. The first-order valence-corrected chi connectivity index (χ1v) is 7.34. The number of amides is 1. The fraction of sp³-hybridized carbons (Fsp3) is 0.455. The lowest BCUT2D eigenvalue weighted by molar-refractivity contribution is 0.0940. The van der Waals surface area contributed by atoms with Crippen LogP contribution in [0.3, 0.4) is 0 Å². The van der Waals surface area contributed by atoms with Crippen LogP contribution >= 0.6 is 22.9 Å². The Morgan fingerprint density at radius 1 is 1.60 bits per heavy atom. The van der Waals surface area contributed by atoms with Gasteiger partial charge in [0.1, 0.15) is 0 Å². The molecular formula is C11H12ClN5O2S. The highest BCUT2D eigenvalue weighted by Crippen LogP contribution is 2.17. The van der Waals surface area contributed by atoms with E-state index < -0.39 is 0 Å². The first kappa shape index (κ1) is 13.5. The Morgan fingerprint density at radius 2 is 2.50 bits per heavy atom. The first-order chi connectivity index (χ1) is 9.70. The highest BCUT2D eigenvalue weighted by Gasteiger charge is 2.17. The lowest BCUT2D eigenvalue weighted by Crippen LogP contribution is -2.15. The third-order valence-corrected chi connectivity index (χ3v) is 3.92. The predicted octanol–water partition coefficient (Wildman–Crippen LogP) is 1.82. The Morgan fingerprint density at radius 3 is 3.20 bits per heavy atom. The van der Waals surface area contributed by atoms with Crippen molar-refractivity contribution in [1.82, 2.24) is 20.0 Å². The van der Waals surface area contributed by atoms with Gasteiger partial charge in [-0.15, -0.1) is 10.2 Å². The largest absolute Gasteiger partial charge is 0.376 e. The van der Waals surface area contributed by atoms with E-state index in [1.807, 2.05) is 0 Å². The molecule has 0 saturated carbocycles. The maximum absolute atomic E-state index is 11.9. The van der Waals surface area contributed by atoms with Crippen LogP contribution in [0.1, 0.15) is 22.6 Å². The van der Waals surface area contributed by atoms with Gasteiger partial charge in [-0.3, -0.25) is 9.48 Å². The Balaban J connectivity index is 1.60. The normalized spacial score (nSPS) is 18.4. The van der Waals surface area contributed by atoms with Crippen LogP contribution in [0.25, 0.3) is 0 Å². The molecule has 1 fully saturated rings. The molecule has 0 aliphatic carbocycles. The monoisotopic (exact) mass is 313 g/mol. The van der Waals surface area contributed by atoms with Gasteiger partial charge in [-0.05, 0) is 24.4 Å². The van der Waals surface area contributed by atoms with E-state index in [-0.39, 0.29) is 21.5 Å². The van der Waals surface area contributed by atoms with Gasteiger partial charge in [0, 0.05) is 12.8 Å². The van der Waals surface area contributed by atoms with Crippen LogP contribution in [0, 0.1) is 0 Å². The molecule has 0 bridgehead atoms. The molecule has 1 unspecified atom stereocenters. The van der Waals surface area contributed by atoms with Crippen molar-refractivity contribution >= 4 is 34.5 Å². The van der Waals surface area contributed by atoms with Gasteiger partial charge in [-0.2, -0.15) is 5.10 Å². The molecule has 7 nitrogen and oxygen atoms in total. The van der Waals surface area contributed by atoms with E-state index in [0.717, 1.165) is 30.8 Å². The number of anilines is 1. The summed E-state index contributed by atoms with van der Waals surface area (Å²) in [5.74, 6) is -0.342. The summed E-state index contributed by atoms with van der Waals surface area (Å²) in [5, 5.41) is 14.4. The smallest absolute Gasteiger partial charge is 0.286 e. The van der Waals surface area contributed by atoms with E-state index in [2.05, 4.69) is 20.6 Å². The molecule has 1 aliphatic heterocycles. The lowest BCUT2D eigenvalue weighted by Gasteiger charge is -2.08. The molecule has 0 spiro atoms. The summed E-state index contributed by atoms with van der Waals surface area (Å²) in [6, 6.07) is 0. The minimum Gasteiger partial charge on any atom is -0.376 e. The zero-order valence-electron chi connectivity index (χ0n) is 10.5. The number of rotatable bonds is 4. The van der Waals surface area contributed by atoms with E-state index in [0.29, 0.717) is 12.2 Å². The highest BCUT2D eigenvalue weighted by molar-refractivity contribution is 7.17. The van der Waals surface area contributed by atoms with Gasteiger partial charge in [0.2, 0.25) is 9.47 Å². The van der Waals surface area contributed by atoms with Crippen molar-refractivity contribution in [1.29, 1.82) is 0 Å². The summed E-state index contributed by atoms with van der Waals surface area (Å²) in [6.07, 6.45) is 5.70. The molecule has 20 heavy (non-hydrogen) atoms. The van der Waals surface area contributed by atoms with Crippen LogP contribution in [-0.2, 0) is 11.3 Å². The average molecular weight is 314 g/mol. The third-order valence-electron chi connectivity index (χ3n) is 2.90. The van der Waals surface area contributed by atoms with Crippen LogP contribution in [-0.4, -0.2) is 38.6 Å². The van der Waals surface area contributed by atoms with Crippen molar-refractivity contribution in [2.45, 2.75) is 25.5 Å². The Bertz CT molecular complexity index is 607. The summed E-state index contributed by atoms with van der Waals surface area (Å²) in [6.45, 7) is 1.51. The molecular weight excluding hydrogens is 302 g/mol. The van der Waals surface area contributed by atoms with E-state index in [9.17, 15) is 4.79 Å². The Kier molecular flexibility index (Phi) is 3.95. The minimum absolute atomic E-state index is 0.209. The number of carbonyl (C=O) groups excluding carboxylic acids is 1. The zero-order valence-corrected chi connectivity index (χ0v) is 12.0. The molecule has 106 valence electrons. The molecule has 1 N–H and O–H groups in total. The van der Waals surface area contributed by atoms with E-state index >= 15 is 0 Å². The maximum atomic E-state index is 11.9. The van der Waals surface area contributed by atoms with E-state index in [1.165, 1.54) is 0 Å². The van der Waals surface area contributed by atoms with Gasteiger partial charge in [-0.1, -0.05) is 11.3 Å². The Labute approximate surface area is 123 Å². The molecule has 1 saturated heterocycles. The molecule has 3 heterocycles. The van der Waals surface area contributed by atoms with Crippen molar-refractivity contribution < 1.29 is 9.53 Å². The van der Waals surface area contributed by atoms with Crippen LogP contribution in [0.5, 0.6) is 0 Å². The van der Waals surface area contributed by atoms with Crippen molar-refractivity contribution in [2.24, 2.45) is 0 Å². The van der Waals surface area contributed by atoms with E-state index in [1.54, 1.807) is 17.1 Å². The highest BCUT2D eigenvalue weighted by atomic mass is 35.5. The first-order valence-electron chi connectivity index (χ1n) is 6.15. The van der Waals surface area contributed by atoms with Gasteiger partial charge < -0.3 is 10.1 Å². The molecule has 0 aromatic carbocycles. The minimum atomic E-state index is -0.342. The fourth-order valence-corrected chi connectivity index (χ4v) is 2.73. The summed E-state index contributed by atoms with van der Waals surface area (Å²) >= 11 is 6.67. The number of carbonyl (C=O) groups is 1. The summed E-state index contributed by atoms with van der Waals surface area (Å²) in [7, 11) is 0. The number of aromatic nitrogens is 4. The SMILES string of the molecule is O=C(Nc1cnn(CC2CCCO2)c1)c1nnc(Cl)s1. The van der Waals surface area contributed by atoms with E-state index in [4.69, 9.17) is 16.3 Å². The molecule has 3 rings (SSSR count). The number of hydrogen-bond donors (Lipinski definition) is 1. The van der Waals surface area contributed by atoms with Crippen LogP contribution in [0.4, 0.5) is 5.69 Å². The van der Waals surface area contributed by atoms with Crippen LogP contribution < -0.4 is 5.32 Å². The second-order valence-corrected chi connectivity index (χ2v) is 5.96. The van der Waals surface area contributed by atoms with Crippen LogP contribution in [0.2, 0.25) is 4.47 Å². The number of ether oxygens (including phenoxy) is 1. The number of nitrogens with zero attached hydrogens (tertiary/aromatic N) is 4. The van der Waals surface area contributed by atoms with Crippen molar-refractivity contribution in [3.63, 3.8) is 0 Å². The summed E-state index contributed by atoms with van der Waals surface area (Å²) in [4.78, 5) is 11.9. The molecule has 2 aromatic rings. The standard InChI is InChI=1S/C11H12ClN5O2S/c12-11-16-15-10(20-11)9(18)14-7-4-13-17(5-7)6-8-2-1-3-19-8/h4-5,8H,1-3,6H2,(H,14,18). The maximum Gasteiger partial charge on any atom is 0.286 e. The molecule has 2 aromatic heterocycles. The van der Waals surface area contributed by atoms with Gasteiger partial charge in [0.25, 0.3) is 5.91 Å². The lowest BCUT2D eigenvalue weighted by atomic mass is 10.2. The predicted molar refractivity (Wildman–Crippen MR) is 74.1 cm³/mol. The third kappa shape index (κ3) is 3.14. The average Bonchev–Trinajstić information content (AvgIpc) is 3.13. The molecule has 9 heteroatoms. The number of nitrogens with one attached hydrogen (secondary N) is 1. The molecule has 1 aliphatic rings. The zero-order chi connectivity index (χ0) is 13.9. The van der Waals surface area contributed by atoms with Gasteiger partial charge in [0.05, 0.1) is 24.5 Å². The van der Waals surface area contributed by atoms with Crippen molar-refractivity contribution in [3.05, 3.63) is 21.9 Å². The van der Waals surface area contributed by atoms with Crippen molar-refractivity contribution in [2.75, 3.05) is 11.9 Å². The summed E-state index contributed by atoms with van der Waals surface area (Å²) in [5.41, 5.74) is 0.610. The second kappa shape index (κ2) is 5.86. The molecule has 1 amide bonds. The van der Waals surface area contributed by atoms with Gasteiger partial charge in [0.15, 0.2) is 0 Å². The van der Waals surface area contributed by atoms with Gasteiger partial charge >= 0.3 is 0 Å². The van der Waals surface area contributed by atoms with Crippen LogP contribution in [0.15, 0.2) is 12.4 Å². The number of hydrogen-bond acceptors (Lipinski definition) is 6. The quantitative estimate of drug-likeness (QED) is 0.931. The van der Waals surface area contributed by atoms with Gasteiger partial charge in [-0.25, -0.2) is 0 Å². The summed E-state index contributed by atoms with van der Waals surface area (Å²) < 4.78 is 7.54.